The van der Waals surface area contributed by atoms with Gasteiger partial charge in [0.2, 0.25) is 5.91 Å². The van der Waals surface area contributed by atoms with E-state index in [-0.39, 0.29) is 30.4 Å². The highest BCUT2D eigenvalue weighted by Crippen LogP contribution is 2.22. The molecule has 0 N–H and O–H groups in total. The second-order valence-corrected chi connectivity index (χ2v) is 8.50. The Morgan fingerprint density at radius 1 is 0.929 bits per heavy atom. The summed E-state index contributed by atoms with van der Waals surface area (Å²) in [6.07, 6.45) is 1.88. The first-order valence-electron chi connectivity index (χ1n) is 10.3. The minimum absolute atomic E-state index is 0.0460. The standard InChI is InChI=1S/C20H35N3O5/c1-5-27-17(24)15-21-9-6-10-22(14-13-21)18(25)16-7-11-23(12-8-16)19(26)28-20(2,3)4/h16H,5-15H2,1-4H3. The van der Waals surface area contributed by atoms with E-state index in [1.165, 1.54) is 0 Å². The van der Waals surface area contributed by atoms with Crippen LogP contribution in [0.25, 0.3) is 0 Å². The lowest BCUT2D eigenvalue weighted by molar-refractivity contribution is -0.144. The van der Waals surface area contributed by atoms with Gasteiger partial charge in [0.15, 0.2) is 0 Å². The molecule has 0 aromatic carbocycles. The molecule has 0 aromatic heterocycles. The quantitative estimate of drug-likeness (QED) is 0.672. The summed E-state index contributed by atoms with van der Waals surface area (Å²) in [5.41, 5.74) is -0.509. The van der Waals surface area contributed by atoms with E-state index in [1.54, 1.807) is 11.8 Å². The van der Waals surface area contributed by atoms with Crippen LogP contribution >= 0.6 is 0 Å². The fraction of sp³-hybridized carbons (Fsp3) is 0.850. The lowest BCUT2D eigenvalue weighted by atomic mass is 9.95. The van der Waals surface area contributed by atoms with Crippen LogP contribution in [0.5, 0.6) is 0 Å². The number of rotatable bonds is 4. The third-order valence-electron chi connectivity index (χ3n) is 5.05. The van der Waals surface area contributed by atoms with E-state index >= 15 is 0 Å². The maximum atomic E-state index is 12.9. The van der Waals surface area contributed by atoms with E-state index in [1.807, 2.05) is 25.7 Å². The molecule has 2 amide bonds. The van der Waals surface area contributed by atoms with E-state index in [2.05, 4.69) is 4.90 Å². The zero-order valence-electron chi connectivity index (χ0n) is 17.7. The van der Waals surface area contributed by atoms with Gasteiger partial charge in [0, 0.05) is 45.2 Å². The van der Waals surface area contributed by atoms with Crippen LogP contribution < -0.4 is 0 Å². The summed E-state index contributed by atoms with van der Waals surface area (Å²) in [7, 11) is 0. The molecular formula is C20H35N3O5. The zero-order valence-corrected chi connectivity index (χ0v) is 17.7. The predicted molar refractivity (Wildman–Crippen MR) is 105 cm³/mol. The lowest BCUT2D eigenvalue weighted by Gasteiger charge is -2.34. The number of esters is 1. The van der Waals surface area contributed by atoms with Gasteiger partial charge in [0.05, 0.1) is 13.2 Å². The Kier molecular flexibility index (Phi) is 8.10. The van der Waals surface area contributed by atoms with Gasteiger partial charge in [-0.15, -0.1) is 0 Å². The molecular weight excluding hydrogens is 362 g/mol. The van der Waals surface area contributed by atoms with Crippen LogP contribution in [0.15, 0.2) is 0 Å². The number of nitrogens with zero attached hydrogens (tertiary/aromatic N) is 3. The van der Waals surface area contributed by atoms with Crippen LogP contribution in [0, 0.1) is 5.92 Å². The number of piperidine rings is 1. The Bertz CT molecular complexity index is 553. The third kappa shape index (κ3) is 6.96. The molecule has 0 unspecified atom stereocenters. The second kappa shape index (κ2) is 10.1. The highest BCUT2D eigenvalue weighted by Gasteiger charge is 2.32. The number of carbonyl (C=O) groups is 3. The molecule has 0 spiro atoms. The Hall–Kier alpha value is -1.83. The number of hydrogen-bond donors (Lipinski definition) is 0. The van der Waals surface area contributed by atoms with E-state index in [0.29, 0.717) is 52.2 Å². The van der Waals surface area contributed by atoms with E-state index < -0.39 is 5.60 Å². The Labute approximate surface area is 168 Å². The maximum absolute atomic E-state index is 12.9. The number of likely N-dealkylation sites (tertiary alicyclic amines) is 1. The second-order valence-electron chi connectivity index (χ2n) is 8.50. The van der Waals surface area contributed by atoms with Crippen molar-refractivity contribution in [3.8, 4) is 0 Å². The molecule has 2 aliphatic rings. The van der Waals surface area contributed by atoms with Crippen molar-refractivity contribution < 1.29 is 23.9 Å². The molecule has 0 radical (unpaired) electrons. The molecule has 0 aromatic rings. The predicted octanol–water partition coefficient (Wildman–Crippen LogP) is 1.73. The first-order chi connectivity index (χ1) is 13.2. The zero-order chi connectivity index (χ0) is 20.7. The molecule has 2 heterocycles. The Morgan fingerprint density at radius 3 is 2.21 bits per heavy atom. The van der Waals surface area contributed by atoms with Gasteiger partial charge >= 0.3 is 12.1 Å². The van der Waals surface area contributed by atoms with E-state index in [4.69, 9.17) is 9.47 Å². The van der Waals surface area contributed by atoms with Gasteiger partial charge < -0.3 is 19.3 Å². The number of amides is 2. The van der Waals surface area contributed by atoms with Crippen molar-refractivity contribution in [3.63, 3.8) is 0 Å². The number of ether oxygens (including phenoxy) is 2. The smallest absolute Gasteiger partial charge is 0.410 e. The average Bonchev–Trinajstić information content (AvgIpc) is 2.85. The maximum Gasteiger partial charge on any atom is 0.410 e. The monoisotopic (exact) mass is 397 g/mol. The first-order valence-corrected chi connectivity index (χ1v) is 10.3. The third-order valence-corrected chi connectivity index (χ3v) is 5.05. The van der Waals surface area contributed by atoms with Crippen molar-refractivity contribution in [1.29, 1.82) is 0 Å². The normalized spacial score (nSPS) is 19.9. The van der Waals surface area contributed by atoms with Crippen molar-refractivity contribution >= 4 is 18.0 Å². The van der Waals surface area contributed by atoms with Gasteiger partial charge in [-0.2, -0.15) is 0 Å². The SMILES string of the molecule is CCOC(=O)CN1CCCN(C(=O)C2CCN(C(=O)OC(C)(C)C)CC2)CC1. The summed E-state index contributed by atoms with van der Waals surface area (Å²) >= 11 is 0. The summed E-state index contributed by atoms with van der Waals surface area (Å²) in [6.45, 7) is 11.9. The molecule has 0 saturated carbocycles. The van der Waals surface area contributed by atoms with Crippen molar-refractivity contribution in [2.24, 2.45) is 5.92 Å². The van der Waals surface area contributed by atoms with Gasteiger partial charge in [-0.05, 0) is 47.0 Å². The Morgan fingerprint density at radius 2 is 1.61 bits per heavy atom. The van der Waals surface area contributed by atoms with Crippen LogP contribution in [-0.4, -0.2) is 90.7 Å². The van der Waals surface area contributed by atoms with E-state index in [0.717, 1.165) is 13.0 Å². The van der Waals surface area contributed by atoms with Crippen molar-refractivity contribution in [1.82, 2.24) is 14.7 Å². The fourth-order valence-corrected chi connectivity index (χ4v) is 3.63. The minimum Gasteiger partial charge on any atom is -0.465 e. The summed E-state index contributed by atoms with van der Waals surface area (Å²) in [5, 5.41) is 0. The highest BCUT2D eigenvalue weighted by molar-refractivity contribution is 5.79. The lowest BCUT2D eigenvalue weighted by Crippen LogP contribution is -2.46. The summed E-state index contributed by atoms with van der Waals surface area (Å²) in [5.74, 6) is -0.0890. The van der Waals surface area contributed by atoms with Crippen LogP contribution in [-0.2, 0) is 19.1 Å². The fourth-order valence-electron chi connectivity index (χ4n) is 3.63. The topological polar surface area (TPSA) is 79.4 Å². The van der Waals surface area contributed by atoms with Crippen molar-refractivity contribution in [2.75, 3.05) is 52.4 Å². The average molecular weight is 398 g/mol. The summed E-state index contributed by atoms with van der Waals surface area (Å²) in [4.78, 5) is 42.4. The summed E-state index contributed by atoms with van der Waals surface area (Å²) < 4.78 is 10.4. The van der Waals surface area contributed by atoms with Gasteiger partial charge in [0.1, 0.15) is 5.60 Å². The van der Waals surface area contributed by atoms with Gasteiger partial charge in [-0.3, -0.25) is 14.5 Å². The molecule has 160 valence electrons. The molecule has 2 rings (SSSR count). The van der Waals surface area contributed by atoms with Crippen LogP contribution in [0.1, 0.15) is 47.0 Å². The van der Waals surface area contributed by atoms with Crippen LogP contribution in [0.3, 0.4) is 0 Å². The molecule has 28 heavy (non-hydrogen) atoms. The minimum atomic E-state index is -0.509. The van der Waals surface area contributed by atoms with Gasteiger partial charge in [-0.25, -0.2) is 4.79 Å². The molecule has 0 bridgehead atoms. The molecule has 0 aliphatic carbocycles. The van der Waals surface area contributed by atoms with Gasteiger partial charge in [-0.1, -0.05) is 0 Å². The molecule has 8 nitrogen and oxygen atoms in total. The molecule has 2 saturated heterocycles. The Balaban J connectivity index is 1.78. The molecule has 2 fully saturated rings. The molecule has 2 aliphatic heterocycles. The first kappa shape index (κ1) is 22.5. The number of hydrogen-bond acceptors (Lipinski definition) is 6. The van der Waals surface area contributed by atoms with Gasteiger partial charge in [0.25, 0.3) is 0 Å². The highest BCUT2D eigenvalue weighted by atomic mass is 16.6. The van der Waals surface area contributed by atoms with E-state index in [9.17, 15) is 14.4 Å². The summed E-state index contributed by atoms with van der Waals surface area (Å²) in [6, 6.07) is 0. The van der Waals surface area contributed by atoms with Crippen molar-refractivity contribution in [3.05, 3.63) is 0 Å². The molecule has 0 atom stereocenters. The number of carbonyl (C=O) groups excluding carboxylic acids is 3. The van der Waals surface area contributed by atoms with Crippen LogP contribution in [0.2, 0.25) is 0 Å². The largest absolute Gasteiger partial charge is 0.465 e. The van der Waals surface area contributed by atoms with Crippen molar-refractivity contribution in [2.45, 2.75) is 52.6 Å². The van der Waals surface area contributed by atoms with Crippen LogP contribution in [0.4, 0.5) is 4.79 Å². The molecule has 8 heteroatoms.